The molecule has 0 saturated heterocycles. The highest BCUT2D eigenvalue weighted by Gasteiger charge is 2.23. The minimum absolute atomic E-state index is 0.181. The minimum Gasteiger partial charge on any atom is -0.492 e. The maximum Gasteiger partial charge on any atom is 0.328 e. The van der Waals surface area contributed by atoms with Gasteiger partial charge in [-0.05, 0) is 47.4 Å². The van der Waals surface area contributed by atoms with Gasteiger partial charge in [-0.15, -0.1) is 0 Å². The number of carboxylic acid groups (broad SMARTS) is 1. The van der Waals surface area contributed by atoms with E-state index in [0.717, 1.165) is 28.0 Å². The van der Waals surface area contributed by atoms with E-state index in [1.165, 1.54) is 18.2 Å². The van der Waals surface area contributed by atoms with Crippen LogP contribution in [-0.4, -0.2) is 17.7 Å². The van der Waals surface area contributed by atoms with E-state index in [2.05, 4.69) is 19.9 Å². The molecule has 3 nitrogen and oxygen atoms in total. The average Bonchev–Trinajstić information content (AvgIpc) is 2.76. The molecule has 1 aliphatic heterocycles. The van der Waals surface area contributed by atoms with Gasteiger partial charge in [0.05, 0.1) is 6.61 Å². The van der Waals surface area contributed by atoms with Crippen LogP contribution in [0.1, 0.15) is 26.3 Å². The number of carbonyl (C=O) groups is 1. The van der Waals surface area contributed by atoms with Crippen LogP contribution >= 0.6 is 0 Å². The van der Waals surface area contributed by atoms with Gasteiger partial charge in [0.2, 0.25) is 0 Å². The van der Waals surface area contributed by atoms with Crippen molar-refractivity contribution < 1.29 is 19.0 Å². The average molecular weight is 378 g/mol. The van der Waals surface area contributed by atoms with Crippen LogP contribution in [0.4, 0.5) is 4.39 Å². The minimum atomic E-state index is -0.968. The summed E-state index contributed by atoms with van der Waals surface area (Å²) in [5.41, 5.74) is 4.25. The molecule has 1 N–H and O–H groups in total. The quantitative estimate of drug-likeness (QED) is 0.534. The number of halogens is 1. The smallest absolute Gasteiger partial charge is 0.328 e. The molecule has 4 heteroatoms. The van der Waals surface area contributed by atoms with Gasteiger partial charge in [-0.25, -0.2) is 9.18 Å². The fourth-order valence-electron chi connectivity index (χ4n) is 3.11. The molecule has 0 radical (unpaired) electrons. The van der Waals surface area contributed by atoms with Gasteiger partial charge in [0.25, 0.3) is 0 Å². The Bertz CT molecular complexity index is 979. The first-order chi connectivity index (χ1) is 13.2. The Morgan fingerprint density at radius 1 is 1.14 bits per heavy atom. The van der Waals surface area contributed by atoms with Gasteiger partial charge < -0.3 is 9.84 Å². The highest BCUT2D eigenvalue weighted by Crippen LogP contribution is 2.38. The lowest BCUT2D eigenvalue weighted by Gasteiger charge is -2.18. The second kappa shape index (κ2) is 7.85. The molecule has 1 heterocycles. The van der Waals surface area contributed by atoms with Gasteiger partial charge in [-0.1, -0.05) is 56.3 Å². The predicted molar refractivity (Wildman–Crippen MR) is 110 cm³/mol. The summed E-state index contributed by atoms with van der Waals surface area (Å²) in [6.45, 7) is 6.46. The standard InChI is InChI=1S/C24H23FO3/c1-16(12-23(26)27)4-5-19-14-24(2,3)15-28-22-13-18(8-11-21(19)22)17-6-9-20(25)10-7-17/h4-14H,15H2,1-3H3,(H,26,27). The molecule has 0 atom stereocenters. The molecular formula is C24H23FO3. The van der Waals surface area contributed by atoms with Gasteiger partial charge in [0.15, 0.2) is 0 Å². The summed E-state index contributed by atoms with van der Waals surface area (Å²) in [5, 5.41) is 8.89. The molecular weight excluding hydrogens is 355 g/mol. The van der Waals surface area contributed by atoms with Crippen LogP contribution in [0.3, 0.4) is 0 Å². The number of fused-ring (bicyclic) bond motifs is 1. The number of benzene rings is 2. The molecule has 2 aromatic carbocycles. The SMILES string of the molecule is CC(C=CC1=CC(C)(C)COc2cc(-c3ccc(F)cc3)ccc21)=CC(=O)O. The lowest BCUT2D eigenvalue weighted by molar-refractivity contribution is -0.131. The number of carboxylic acids is 1. The Labute approximate surface area is 164 Å². The molecule has 28 heavy (non-hydrogen) atoms. The first kappa shape index (κ1) is 19.6. The molecule has 2 aromatic rings. The Balaban J connectivity index is 2.01. The van der Waals surface area contributed by atoms with Gasteiger partial charge in [0, 0.05) is 17.1 Å². The fraction of sp³-hybridized carbons (Fsp3) is 0.208. The van der Waals surface area contributed by atoms with Crippen LogP contribution in [0, 0.1) is 11.2 Å². The molecule has 0 amide bonds. The van der Waals surface area contributed by atoms with Gasteiger partial charge >= 0.3 is 5.97 Å². The third kappa shape index (κ3) is 4.77. The Hall–Kier alpha value is -3.14. The van der Waals surface area contributed by atoms with Crippen molar-refractivity contribution in [1.29, 1.82) is 0 Å². The van der Waals surface area contributed by atoms with Crippen LogP contribution in [0.25, 0.3) is 16.7 Å². The van der Waals surface area contributed by atoms with E-state index in [1.54, 1.807) is 25.1 Å². The number of allylic oxidation sites excluding steroid dienone is 4. The predicted octanol–water partition coefficient (Wildman–Crippen LogP) is 5.88. The summed E-state index contributed by atoms with van der Waals surface area (Å²) in [7, 11) is 0. The number of aliphatic carboxylic acids is 1. The van der Waals surface area contributed by atoms with Crippen LogP contribution in [0.2, 0.25) is 0 Å². The molecule has 0 unspecified atom stereocenters. The summed E-state index contributed by atoms with van der Waals surface area (Å²) in [4.78, 5) is 10.8. The van der Waals surface area contributed by atoms with Crippen molar-refractivity contribution in [3.05, 3.63) is 83.7 Å². The normalized spacial score (nSPS) is 16.1. The van der Waals surface area contributed by atoms with Crippen molar-refractivity contribution in [2.45, 2.75) is 20.8 Å². The number of hydrogen-bond acceptors (Lipinski definition) is 2. The van der Waals surface area contributed by atoms with Crippen LogP contribution in [0.5, 0.6) is 5.75 Å². The van der Waals surface area contributed by atoms with E-state index in [0.29, 0.717) is 12.2 Å². The molecule has 0 fully saturated rings. The van der Waals surface area contributed by atoms with Crippen molar-refractivity contribution in [1.82, 2.24) is 0 Å². The molecule has 144 valence electrons. The molecule has 0 aromatic heterocycles. The van der Waals surface area contributed by atoms with Gasteiger partial charge in [-0.3, -0.25) is 0 Å². The van der Waals surface area contributed by atoms with Crippen molar-refractivity contribution >= 4 is 11.5 Å². The first-order valence-electron chi connectivity index (χ1n) is 9.09. The van der Waals surface area contributed by atoms with Crippen LogP contribution in [0.15, 0.2) is 72.3 Å². The Kier molecular flexibility index (Phi) is 5.50. The van der Waals surface area contributed by atoms with E-state index in [9.17, 15) is 9.18 Å². The second-order valence-electron chi connectivity index (χ2n) is 7.65. The molecule has 0 spiro atoms. The zero-order chi connectivity index (χ0) is 20.3. The fourth-order valence-corrected chi connectivity index (χ4v) is 3.11. The highest BCUT2D eigenvalue weighted by atomic mass is 19.1. The maximum atomic E-state index is 13.2. The van der Waals surface area contributed by atoms with E-state index < -0.39 is 5.97 Å². The number of ether oxygens (including phenoxy) is 1. The van der Waals surface area contributed by atoms with E-state index in [-0.39, 0.29) is 11.2 Å². The molecule has 0 saturated carbocycles. The summed E-state index contributed by atoms with van der Waals surface area (Å²) >= 11 is 0. The van der Waals surface area contributed by atoms with Crippen molar-refractivity contribution in [3.63, 3.8) is 0 Å². The van der Waals surface area contributed by atoms with Crippen molar-refractivity contribution in [2.24, 2.45) is 5.41 Å². The van der Waals surface area contributed by atoms with E-state index in [1.807, 2.05) is 24.3 Å². The lowest BCUT2D eigenvalue weighted by Crippen LogP contribution is -2.17. The Morgan fingerprint density at radius 2 is 1.82 bits per heavy atom. The zero-order valence-corrected chi connectivity index (χ0v) is 16.2. The third-order valence-corrected chi connectivity index (χ3v) is 4.49. The summed E-state index contributed by atoms with van der Waals surface area (Å²) in [5.74, 6) is -0.482. The largest absolute Gasteiger partial charge is 0.492 e. The van der Waals surface area contributed by atoms with Crippen LogP contribution in [-0.2, 0) is 4.79 Å². The van der Waals surface area contributed by atoms with Crippen molar-refractivity contribution in [2.75, 3.05) is 6.61 Å². The molecule has 1 aliphatic rings. The van der Waals surface area contributed by atoms with E-state index in [4.69, 9.17) is 9.84 Å². The summed E-state index contributed by atoms with van der Waals surface area (Å²) in [6, 6.07) is 12.3. The molecule has 0 aliphatic carbocycles. The van der Waals surface area contributed by atoms with Crippen LogP contribution < -0.4 is 4.74 Å². The van der Waals surface area contributed by atoms with E-state index >= 15 is 0 Å². The van der Waals surface area contributed by atoms with Gasteiger partial charge in [0.1, 0.15) is 11.6 Å². The van der Waals surface area contributed by atoms with Gasteiger partial charge in [-0.2, -0.15) is 0 Å². The number of hydrogen-bond donors (Lipinski definition) is 1. The topological polar surface area (TPSA) is 46.5 Å². The number of rotatable bonds is 4. The summed E-state index contributed by atoms with van der Waals surface area (Å²) in [6.07, 6.45) is 7.02. The zero-order valence-electron chi connectivity index (χ0n) is 16.2. The first-order valence-corrected chi connectivity index (χ1v) is 9.09. The second-order valence-corrected chi connectivity index (χ2v) is 7.65. The van der Waals surface area contributed by atoms with Crippen molar-refractivity contribution in [3.8, 4) is 16.9 Å². The maximum absolute atomic E-state index is 13.2. The Morgan fingerprint density at radius 3 is 2.50 bits per heavy atom. The summed E-state index contributed by atoms with van der Waals surface area (Å²) < 4.78 is 19.3. The highest BCUT2D eigenvalue weighted by molar-refractivity contribution is 5.83. The lowest BCUT2D eigenvalue weighted by atomic mass is 9.90. The monoisotopic (exact) mass is 378 g/mol. The molecule has 0 bridgehead atoms. The third-order valence-electron chi connectivity index (χ3n) is 4.49. The molecule has 3 rings (SSSR count).